The second kappa shape index (κ2) is 7.37. The second-order valence-electron chi connectivity index (χ2n) is 3.78. The number of rotatable bonds is 8. The number of hydrogen-bond donors (Lipinski definition) is 2. The van der Waals surface area contributed by atoms with Crippen molar-refractivity contribution in [3.63, 3.8) is 0 Å². The van der Waals surface area contributed by atoms with Gasteiger partial charge in [-0.25, -0.2) is 13.1 Å². The standard InChI is InChI=1S/C11H19N3O2S/c1-12-6-2-10-17(15,16)14-9-5-11-3-7-13-8-4-11/h3-4,7-8,12,14H,2,5-6,9-10H2,1H3. The Bertz CT molecular complexity index is 406. The van der Waals surface area contributed by atoms with Gasteiger partial charge in [0.15, 0.2) is 0 Å². The van der Waals surface area contributed by atoms with Crippen LogP contribution in [0.3, 0.4) is 0 Å². The van der Waals surface area contributed by atoms with Crippen LogP contribution in [0.2, 0.25) is 0 Å². The van der Waals surface area contributed by atoms with Gasteiger partial charge in [-0.05, 0) is 44.1 Å². The molecule has 0 aliphatic heterocycles. The minimum atomic E-state index is -3.13. The number of sulfonamides is 1. The molecule has 0 fully saturated rings. The Labute approximate surface area is 103 Å². The van der Waals surface area contributed by atoms with Gasteiger partial charge in [-0.15, -0.1) is 0 Å². The molecule has 0 radical (unpaired) electrons. The van der Waals surface area contributed by atoms with Crippen LogP contribution in [-0.2, 0) is 16.4 Å². The minimum absolute atomic E-state index is 0.171. The molecule has 0 aliphatic rings. The first-order valence-corrected chi connectivity index (χ1v) is 7.30. The lowest BCUT2D eigenvalue weighted by Gasteiger charge is -2.06. The van der Waals surface area contributed by atoms with Crippen LogP contribution in [0, 0.1) is 0 Å². The summed E-state index contributed by atoms with van der Waals surface area (Å²) in [4.78, 5) is 3.91. The summed E-state index contributed by atoms with van der Waals surface area (Å²) in [6.45, 7) is 1.15. The van der Waals surface area contributed by atoms with Gasteiger partial charge in [0.05, 0.1) is 5.75 Å². The number of pyridine rings is 1. The van der Waals surface area contributed by atoms with Crippen LogP contribution in [0.25, 0.3) is 0 Å². The maximum Gasteiger partial charge on any atom is 0.211 e. The fraction of sp³-hybridized carbons (Fsp3) is 0.545. The SMILES string of the molecule is CNCCCS(=O)(=O)NCCc1ccncc1. The molecule has 96 valence electrons. The third kappa shape index (κ3) is 6.35. The average Bonchev–Trinajstić information content (AvgIpc) is 2.30. The van der Waals surface area contributed by atoms with Crippen LogP contribution < -0.4 is 10.0 Å². The molecule has 0 bridgehead atoms. The van der Waals surface area contributed by atoms with Crippen molar-refractivity contribution in [2.24, 2.45) is 0 Å². The molecule has 0 saturated heterocycles. The number of aromatic nitrogens is 1. The highest BCUT2D eigenvalue weighted by atomic mass is 32.2. The van der Waals surface area contributed by atoms with E-state index in [-0.39, 0.29) is 5.75 Å². The topological polar surface area (TPSA) is 71.1 Å². The zero-order valence-electron chi connectivity index (χ0n) is 10.0. The maximum atomic E-state index is 11.5. The lowest BCUT2D eigenvalue weighted by Crippen LogP contribution is -2.29. The summed E-state index contributed by atoms with van der Waals surface area (Å²) in [7, 11) is -1.32. The van der Waals surface area contributed by atoms with E-state index in [0.717, 1.165) is 5.56 Å². The van der Waals surface area contributed by atoms with Gasteiger partial charge in [-0.2, -0.15) is 0 Å². The Morgan fingerprint density at radius 2 is 1.94 bits per heavy atom. The van der Waals surface area contributed by atoms with Gasteiger partial charge < -0.3 is 5.32 Å². The molecular weight excluding hydrogens is 238 g/mol. The molecule has 0 aromatic carbocycles. The average molecular weight is 257 g/mol. The lowest BCUT2D eigenvalue weighted by atomic mass is 10.2. The Balaban J connectivity index is 2.26. The Morgan fingerprint density at radius 3 is 2.59 bits per heavy atom. The summed E-state index contributed by atoms with van der Waals surface area (Å²) in [6.07, 6.45) is 4.72. The molecule has 5 nitrogen and oxygen atoms in total. The molecule has 1 heterocycles. The van der Waals surface area contributed by atoms with Gasteiger partial charge in [0.1, 0.15) is 0 Å². The van der Waals surface area contributed by atoms with Crippen LogP contribution in [0.5, 0.6) is 0 Å². The highest BCUT2D eigenvalue weighted by Gasteiger charge is 2.08. The molecule has 0 unspecified atom stereocenters. The monoisotopic (exact) mass is 257 g/mol. The molecule has 1 rings (SSSR count). The van der Waals surface area contributed by atoms with Crippen molar-refractivity contribution in [1.82, 2.24) is 15.0 Å². The number of nitrogens with one attached hydrogen (secondary N) is 2. The molecule has 1 aromatic heterocycles. The van der Waals surface area contributed by atoms with E-state index in [2.05, 4.69) is 15.0 Å². The van der Waals surface area contributed by atoms with E-state index in [1.54, 1.807) is 12.4 Å². The highest BCUT2D eigenvalue weighted by molar-refractivity contribution is 7.89. The third-order valence-electron chi connectivity index (χ3n) is 2.32. The van der Waals surface area contributed by atoms with Gasteiger partial charge >= 0.3 is 0 Å². The molecule has 0 aliphatic carbocycles. The first kappa shape index (κ1) is 14.1. The predicted octanol–water partition coefficient (Wildman–Crippen LogP) is 0.153. The summed E-state index contributed by atoms with van der Waals surface area (Å²) in [5.74, 6) is 0.171. The van der Waals surface area contributed by atoms with E-state index in [9.17, 15) is 8.42 Å². The van der Waals surface area contributed by atoms with Crippen molar-refractivity contribution in [1.29, 1.82) is 0 Å². The smallest absolute Gasteiger partial charge is 0.211 e. The maximum absolute atomic E-state index is 11.5. The van der Waals surface area contributed by atoms with E-state index in [1.807, 2.05) is 19.2 Å². The van der Waals surface area contributed by atoms with Crippen LogP contribution >= 0.6 is 0 Å². The van der Waals surface area contributed by atoms with Crippen LogP contribution in [0.1, 0.15) is 12.0 Å². The van der Waals surface area contributed by atoms with E-state index in [4.69, 9.17) is 0 Å². The van der Waals surface area contributed by atoms with Crippen molar-refractivity contribution in [2.45, 2.75) is 12.8 Å². The van der Waals surface area contributed by atoms with Gasteiger partial charge in [0.2, 0.25) is 10.0 Å². The number of hydrogen-bond acceptors (Lipinski definition) is 4. The van der Waals surface area contributed by atoms with Gasteiger partial charge in [-0.1, -0.05) is 0 Å². The van der Waals surface area contributed by atoms with E-state index < -0.39 is 10.0 Å². The van der Waals surface area contributed by atoms with Crippen LogP contribution in [0.15, 0.2) is 24.5 Å². The molecular formula is C11H19N3O2S. The molecule has 0 atom stereocenters. The van der Waals surface area contributed by atoms with Gasteiger partial charge in [-0.3, -0.25) is 4.98 Å². The summed E-state index contributed by atoms with van der Waals surface area (Å²) >= 11 is 0. The summed E-state index contributed by atoms with van der Waals surface area (Å²) in [5, 5.41) is 2.92. The van der Waals surface area contributed by atoms with E-state index in [0.29, 0.717) is 25.9 Å². The normalized spacial score (nSPS) is 11.6. The lowest BCUT2D eigenvalue weighted by molar-refractivity contribution is 0.577. The van der Waals surface area contributed by atoms with Crippen molar-refractivity contribution < 1.29 is 8.42 Å². The van der Waals surface area contributed by atoms with Gasteiger partial charge in [0.25, 0.3) is 0 Å². The Hall–Kier alpha value is -0.980. The Kier molecular flexibility index (Phi) is 6.10. The van der Waals surface area contributed by atoms with Crippen molar-refractivity contribution in [3.8, 4) is 0 Å². The zero-order valence-corrected chi connectivity index (χ0v) is 10.8. The van der Waals surface area contributed by atoms with Crippen molar-refractivity contribution >= 4 is 10.0 Å². The van der Waals surface area contributed by atoms with Crippen molar-refractivity contribution in [2.75, 3.05) is 25.9 Å². The molecule has 0 spiro atoms. The molecule has 6 heteroatoms. The quantitative estimate of drug-likeness (QED) is 0.651. The summed E-state index contributed by atoms with van der Waals surface area (Å²) in [5.41, 5.74) is 1.08. The minimum Gasteiger partial charge on any atom is -0.320 e. The van der Waals surface area contributed by atoms with E-state index in [1.165, 1.54) is 0 Å². The molecule has 2 N–H and O–H groups in total. The van der Waals surface area contributed by atoms with E-state index >= 15 is 0 Å². The third-order valence-corrected chi connectivity index (χ3v) is 3.79. The fourth-order valence-electron chi connectivity index (χ4n) is 1.41. The largest absolute Gasteiger partial charge is 0.320 e. The first-order chi connectivity index (χ1) is 8.14. The summed E-state index contributed by atoms with van der Waals surface area (Å²) < 4.78 is 25.7. The van der Waals surface area contributed by atoms with Crippen molar-refractivity contribution in [3.05, 3.63) is 30.1 Å². The predicted molar refractivity (Wildman–Crippen MR) is 68.3 cm³/mol. The first-order valence-electron chi connectivity index (χ1n) is 5.65. The van der Waals surface area contributed by atoms with Gasteiger partial charge in [0, 0.05) is 18.9 Å². The molecule has 0 amide bonds. The summed E-state index contributed by atoms with van der Waals surface area (Å²) in [6, 6.07) is 3.77. The molecule has 17 heavy (non-hydrogen) atoms. The molecule has 0 saturated carbocycles. The van der Waals surface area contributed by atoms with Crippen LogP contribution in [-0.4, -0.2) is 39.3 Å². The zero-order chi connectivity index (χ0) is 12.6. The number of nitrogens with zero attached hydrogens (tertiary/aromatic N) is 1. The fourth-order valence-corrected chi connectivity index (χ4v) is 2.49. The highest BCUT2D eigenvalue weighted by Crippen LogP contribution is 1.97. The van der Waals surface area contributed by atoms with Crippen LogP contribution in [0.4, 0.5) is 0 Å². The molecule has 1 aromatic rings. The Morgan fingerprint density at radius 1 is 1.24 bits per heavy atom. The second-order valence-corrected chi connectivity index (χ2v) is 5.70.